The first-order chi connectivity index (χ1) is 10.6. The van der Waals surface area contributed by atoms with E-state index < -0.39 is 5.91 Å². The third-order valence-corrected chi connectivity index (χ3v) is 3.85. The van der Waals surface area contributed by atoms with Gasteiger partial charge in [-0.05, 0) is 43.6 Å². The highest BCUT2D eigenvalue weighted by atomic mass is 16.5. The van der Waals surface area contributed by atoms with Crippen LogP contribution in [0.2, 0.25) is 0 Å². The Hall–Kier alpha value is -2.08. The van der Waals surface area contributed by atoms with Crippen LogP contribution in [0.1, 0.15) is 30.1 Å². The van der Waals surface area contributed by atoms with E-state index >= 15 is 0 Å². The zero-order valence-electron chi connectivity index (χ0n) is 12.8. The minimum atomic E-state index is -0.497. The molecule has 6 heteroatoms. The van der Waals surface area contributed by atoms with Crippen molar-refractivity contribution in [3.8, 4) is 5.75 Å². The number of hydrogen-bond acceptors (Lipinski definition) is 4. The predicted octanol–water partition coefficient (Wildman–Crippen LogP) is 0.669. The van der Waals surface area contributed by atoms with E-state index in [9.17, 15) is 9.59 Å². The molecule has 6 nitrogen and oxygen atoms in total. The Bertz CT molecular complexity index is 533. The minimum Gasteiger partial charge on any atom is -0.493 e. The fourth-order valence-corrected chi connectivity index (χ4v) is 2.51. The Kier molecular flexibility index (Phi) is 5.77. The highest BCUT2D eigenvalue weighted by molar-refractivity contribution is 5.93. The van der Waals surface area contributed by atoms with Gasteiger partial charge in [0.05, 0.1) is 13.0 Å². The minimum absolute atomic E-state index is 0.00944. The van der Waals surface area contributed by atoms with E-state index in [1.54, 1.807) is 24.3 Å². The zero-order valence-corrected chi connectivity index (χ0v) is 12.8. The van der Waals surface area contributed by atoms with Crippen LogP contribution in [0.4, 0.5) is 0 Å². The molecule has 1 aromatic rings. The molecule has 1 aliphatic heterocycles. The standard InChI is InChI=1S/C16H23N3O3/c1-11-10-18-7-5-14(11)19-15(20)6-8-22-13-4-2-3-12(9-13)16(17)21/h2-4,9,11,14,18H,5-8,10H2,1H3,(H2,17,21)(H,19,20). The topological polar surface area (TPSA) is 93.4 Å². The molecule has 1 fully saturated rings. The molecule has 0 radical (unpaired) electrons. The maximum Gasteiger partial charge on any atom is 0.248 e. The summed E-state index contributed by atoms with van der Waals surface area (Å²) in [6, 6.07) is 6.87. The van der Waals surface area contributed by atoms with Crippen LogP contribution in [0.5, 0.6) is 5.75 Å². The van der Waals surface area contributed by atoms with Gasteiger partial charge in [-0.15, -0.1) is 0 Å². The second-order valence-corrected chi connectivity index (χ2v) is 5.63. The number of rotatable bonds is 6. The first-order valence-electron chi connectivity index (χ1n) is 7.59. The molecule has 2 atom stereocenters. The molecule has 120 valence electrons. The molecule has 1 heterocycles. The maximum atomic E-state index is 11.9. The highest BCUT2D eigenvalue weighted by Crippen LogP contribution is 2.13. The van der Waals surface area contributed by atoms with E-state index in [0.717, 1.165) is 19.5 Å². The van der Waals surface area contributed by atoms with Crippen LogP contribution in [-0.4, -0.2) is 37.6 Å². The number of primary amides is 1. The van der Waals surface area contributed by atoms with Crippen LogP contribution in [0, 0.1) is 5.92 Å². The van der Waals surface area contributed by atoms with Gasteiger partial charge >= 0.3 is 0 Å². The zero-order chi connectivity index (χ0) is 15.9. The van der Waals surface area contributed by atoms with Gasteiger partial charge in [-0.2, -0.15) is 0 Å². The van der Waals surface area contributed by atoms with Crippen molar-refractivity contribution in [2.24, 2.45) is 11.7 Å². The molecule has 2 rings (SSSR count). The lowest BCUT2D eigenvalue weighted by molar-refractivity contribution is -0.122. The lowest BCUT2D eigenvalue weighted by Crippen LogP contribution is -2.48. The average Bonchev–Trinajstić information content (AvgIpc) is 2.50. The van der Waals surface area contributed by atoms with Crippen molar-refractivity contribution in [2.75, 3.05) is 19.7 Å². The molecule has 4 N–H and O–H groups in total. The molecule has 0 bridgehead atoms. The number of nitrogens with one attached hydrogen (secondary N) is 2. The third kappa shape index (κ3) is 4.73. The number of ether oxygens (including phenoxy) is 1. The summed E-state index contributed by atoms with van der Waals surface area (Å²) in [6.45, 7) is 4.27. The quantitative estimate of drug-likeness (QED) is 0.720. The second kappa shape index (κ2) is 7.79. The van der Waals surface area contributed by atoms with Crippen LogP contribution in [0.25, 0.3) is 0 Å². The number of piperidine rings is 1. The Morgan fingerprint density at radius 3 is 3.00 bits per heavy atom. The van der Waals surface area contributed by atoms with Gasteiger partial charge in [0.25, 0.3) is 0 Å². The van der Waals surface area contributed by atoms with Gasteiger partial charge in [-0.3, -0.25) is 9.59 Å². The van der Waals surface area contributed by atoms with Gasteiger partial charge < -0.3 is 21.1 Å². The molecule has 22 heavy (non-hydrogen) atoms. The van der Waals surface area contributed by atoms with E-state index in [4.69, 9.17) is 10.5 Å². The molecule has 0 aliphatic carbocycles. The Morgan fingerprint density at radius 1 is 1.45 bits per heavy atom. The number of nitrogens with two attached hydrogens (primary N) is 1. The monoisotopic (exact) mass is 305 g/mol. The van der Waals surface area contributed by atoms with Crippen LogP contribution < -0.4 is 21.1 Å². The summed E-state index contributed by atoms with van der Waals surface area (Å²) in [7, 11) is 0. The van der Waals surface area contributed by atoms with Gasteiger partial charge in [0.15, 0.2) is 0 Å². The normalized spacial score (nSPS) is 21.1. The SMILES string of the molecule is CC1CNCCC1NC(=O)CCOc1cccc(C(N)=O)c1. The van der Waals surface area contributed by atoms with Crippen LogP contribution in [-0.2, 0) is 4.79 Å². The Labute approximate surface area is 130 Å². The number of carbonyl (C=O) groups excluding carboxylic acids is 2. The number of benzene rings is 1. The summed E-state index contributed by atoms with van der Waals surface area (Å²) in [6.07, 6.45) is 1.24. The predicted molar refractivity (Wildman–Crippen MR) is 83.7 cm³/mol. The molecule has 2 unspecified atom stereocenters. The number of amides is 2. The van der Waals surface area contributed by atoms with Gasteiger partial charge in [0.1, 0.15) is 5.75 Å². The van der Waals surface area contributed by atoms with Crippen LogP contribution in [0.15, 0.2) is 24.3 Å². The fraction of sp³-hybridized carbons (Fsp3) is 0.500. The summed E-state index contributed by atoms with van der Waals surface area (Å²) in [5, 5.41) is 6.35. The van der Waals surface area contributed by atoms with Crippen molar-refractivity contribution in [2.45, 2.75) is 25.8 Å². The number of hydrogen-bond donors (Lipinski definition) is 3. The molecule has 0 spiro atoms. The Morgan fingerprint density at radius 2 is 2.27 bits per heavy atom. The summed E-state index contributed by atoms with van der Waals surface area (Å²) >= 11 is 0. The van der Waals surface area contributed by atoms with Crippen molar-refractivity contribution in [3.63, 3.8) is 0 Å². The molecule has 1 saturated heterocycles. The van der Waals surface area contributed by atoms with E-state index in [1.807, 2.05) is 0 Å². The van der Waals surface area contributed by atoms with Gasteiger partial charge in [0, 0.05) is 11.6 Å². The van der Waals surface area contributed by atoms with E-state index in [1.165, 1.54) is 0 Å². The van der Waals surface area contributed by atoms with E-state index in [0.29, 0.717) is 17.2 Å². The third-order valence-electron chi connectivity index (χ3n) is 3.85. The van der Waals surface area contributed by atoms with E-state index in [2.05, 4.69) is 17.6 Å². The molecular weight excluding hydrogens is 282 g/mol. The van der Waals surface area contributed by atoms with Crippen LogP contribution in [0.3, 0.4) is 0 Å². The molecule has 2 amide bonds. The first-order valence-corrected chi connectivity index (χ1v) is 7.59. The maximum absolute atomic E-state index is 11.9. The summed E-state index contributed by atoms with van der Waals surface area (Å²) in [5.74, 6) is 0.470. The van der Waals surface area contributed by atoms with Crippen molar-refractivity contribution >= 4 is 11.8 Å². The van der Waals surface area contributed by atoms with Crippen molar-refractivity contribution < 1.29 is 14.3 Å². The molecule has 1 aliphatic rings. The summed E-state index contributed by atoms with van der Waals surface area (Å²) < 4.78 is 5.50. The summed E-state index contributed by atoms with van der Waals surface area (Å²) in [4.78, 5) is 23.0. The summed E-state index contributed by atoms with van der Waals surface area (Å²) in [5.41, 5.74) is 5.61. The van der Waals surface area contributed by atoms with Crippen molar-refractivity contribution in [3.05, 3.63) is 29.8 Å². The van der Waals surface area contributed by atoms with Gasteiger partial charge in [-0.25, -0.2) is 0 Å². The first kappa shape index (κ1) is 16.3. The smallest absolute Gasteiger partial charge is 0.248 e. The number of carbonyl (C=O) groups is 2. The van der Waals surface area contributed by atoms with Gasteiger partial charge in [-0.1, -0.05) is 13.0 Å². The molecule has 1 aromatic carbocycles. The van der Waals surface area contributed by atoms with Gasteiger partial charge in [0.2, 0.25) is 11.8 Å². The fourth-order valence-electron chi connectivity index (χ4n) is 2.51. The second-order valence-electron chi connectivity index (χ2n) is 5.63. The lowest BCUT2D eigenvalue weighted by atomic mass is 9.95. The van der Waals surface area contributed by atoms with Crippen molar-refractivity contribution in [1.29, 1.82) is 0 Å². The lowest BCUT2D eigenvalue weighted by Gasteiger charge is -2.30. The molecular formula is C16H23N3O3. The average molecular weight is 305 g/mol. The van der Waals surface area contributed by atoms with E-state index in [-0.39, 0.29) is 25.0 Å². The van der Waals surface area contributed by atoms with Crippen molar-refractivity contribution in [1.82, 2.24) is 10.6 Å². The van der Waals surface area contributed by atoms with Crippen LogP contribution >= 0.6 is 0 Å². The highest BCUT2D eigenvalue weighted by Gasteiger charge is 2.22. The largest absolute Gasteiger partial charge is 0.493 e. The molecule has 0 aromatic heterocycles. The Balaban J connectivity index is 1.75. The molecule has 0 saturated carbocycles.